The monoisotopic (exact) mass is 784 g/mol. The van der Waals surface area contributed by atoms with Crippen LogP contribution in [0.2, 0.25) is 13.1 Å². The van der Waals surface area contributed by atoms with E-state index in [1.165, 1.54) is 154 Å². The Hall–Kier alpha value is -0.283. The van der Waals surface area contributed by atoms with Crippen LogP contribution in [-0.2, 0) is 13.6 Å². The minimum Gasteiger partial charge on any atom is -0.395 e. The molecule has 6 nitrogen and oxygen atoms in total. The fraction of sp³-hybridized carbons (Fsp3) is 0.957. The highest BCUT2D eigenvalue weighted by Gasteiger charge is 2.29. The van der Waals surface area contributed by atoms with Gasteiger partial charge in [0, 0.05) is 26.3 Å². The summed E-state index contributed by atoms with van der Waals surface area (Å²) in [6.07, 6.45) is 44.9. The molecule has 7 heteroatoms. The normalized spacial score (nSPS) is 13.5. The Morgan fingerprint density at radius 2 is 0.963 bits per heavy atom. The van der Waals surface area contributed by atoms with Gasteiger partial charge >= 0.3 is 8.56 Å². The first-order valence-electron chi connectivity index (χ1n) is 23.9. The maximum atomic E-state index is 9.22. The minimum atomic E-state index is -2.29. The Balaban J connectivity index is 4.33. The van der Waals surface area contributed by atoms with Crippen LogP contribution in [0.1, 0.15) is 220 Å². The second-order valence-electron chi connectivity index (χ2n) is 16.9. The van der Waals surface area contributed by atoms with E-state index < -0.39 is 8.56 Å². The molecule has 2 N–H and O–H groups in total. The summed E-state index contributed by atoms with van der Waals surface area (Å²) in [6.45, 7) is 15.4. The zero-order valence-electron chi connectivity index (χ0n) is 37.2. The zero-order valence-corrected chi connectivity index (χ0v) is 38.2. The zero-order chi connectivity index (χ0) is 39.6. The Kier molecular flexibility index (Phi) is 42.1. The second-order valence-corrected chi connectivity index (χ2v) is 20.3. The van der Waals surface area contributed by atoms with Gasteiger partial charge in [-0.1, -0.05) is 174 Å². The SMILES string of the molecule is CCCCCCCC/C=C\CCCCCCCC(OCCCCCCCCCCCCCC(C)CC)O[Si](C)(C)OCCCCCCN(CCO)CCO. The molecule has 0 saturated carbocycles. The van der Waals surface area contributed by atoms with Crippen molar-refractivity contribution in [1.82, 2.24) is 4.90 Å². The number of ether oxygens (including phenoxy) is 1. The smallest absolute Gasteiger partial charge is 0.333 e. The highest BCUT2D eigenvalue weighted by atomic mass is 28.4. The number of aliphatic hydroxyl groups is 2. The Morgan fingerprint density at radius 3 is 1.48 bits per heavy atom. The average Bonchev–Trinajstić information content (AvgIpc) is 3.15. The van der Waals surface area contributed by atoms with E-state index in [1.807, 2.05) is 0 Å². The second kappa shape index (κ2) is 42.3. The average molecular weight is 784 g/mol. The minimum absolute atomic E-state index is 0.147. The van der Waals surface area contributed by atoms with Crippen LogP contribution in [0.5, 0.6) is 0 Å². The van der Waals surface area contributed by atoms with Gasteiger partial charge in [0.15, 0.2) is 0 Å². The number of unbranched alkanes of at least 4 members (excludes halogenated alkanes) is 24. The standard InChI is InChI=1S/C47H97NO5Si/c1-6-8-9-10-11-12-13-14-15-16-19-22-25-28-33-38-47(51-44-35-30-26-23-20-17-18-21-24-27-32-37-46(3)7-2)53-54(4,5)52-45-36-31-29-34-39-48(40-42-49)41-43-50/h14-15,46-47,49-50H,6-13,16-45H2,1-5H3/b15-14-. The molecular formula is C47H97NO5Si. The molecule has 0 bridgehead atoms. The molecule has 0 aliphatic rings. The number of allylic oxidation sites excluding steroid dienone is 2. The Morgan fingerprint density at radius 1 is 0.519 bits per heavy atom. The summed E-state index contributed by atoms with van der Waals surface area (Å²) >= 11 is 0. The first-order valence-corrected chi connectivity index (χ1v) is 26.7. The first kappa shape index (κ1) is 53.7. The van der Waals surface area contributed by atoms with Crippen LogP contribution in [0.15, 0.2) is 12.2 Å². The molecule has 0 saturated heterocycles. The number of rotatable bonds is 45. The van der Waals surface area contributed by atoms with Gasteiger partial charge < -0.3 is 23.8 Å². The lowest BCUT2D eigenvalue weighted by molar-refractivity contribution is -0.104. The van der Waals surface area contributed by atoms with Crippen molar-refractivity contribution in [3.8, 4) is 0 Å². The summed E-state index contributed by atoms with van der Waals surface area (Å²) < 4.78 is 19.4. The van der Waals surface area contributed by atoms with Gasteiger partial charge in [-0.25, -0.2) is 0 Å². The summed E-state index contributed by atoms with van der Waals surface area (Å²) in [4.78, 5) is 2.13. The molecule has 0 fully saturated rings. The van der Waals surface area contributed by atoms with Gasteiger partial charge in [0.05, 0.1) is 13.2 Å². The Bertz CT molecular complexity index is 748. The number of hydrogen-bond acceptors (Lipinski definition) is 6. The summed E-state index contributed by atoms with van der Waals surface area (Å²) in [7, 11) is -2.29. The van der Waals surface area contributed by atoms with Crippen LogP contribution >= 0.6 is 0 Å². The van der Waals surface area contributed by atoms with Crippen molar-refractivity contribution in [3.63, 3.8) is 0 Å². The molecule has 54 heavy (non-hydrogen) atoms. The number of nitrogens with zero attached hydrogens (tertiary/aromatic N) is 1. The molecule has 0 aliphatic carbocycles. The van der Waals surface area contributed by atoms with E-state index in [0.717, 1.165) is 70.6 Å². The molecule has 2 unspecified atom stereocenters. The molecule has 0 aliphatic heterocycles. The summed E-state index contributed by atoms with van der Waals surface area (Å²) in [6, 6.07) is 0. The van der Waals surface area contributed by atoms with Gasteiger partial charge in [-0.15, -0.1) is 0 Å². The molecule has 0 amide bonds. The predicted octanol–water partition coefficient (Wildman–Crippen LogP) is 13.7. The molecule has 0 aromatic carbocycles. The molecule has 0 spiro atoms. The van der Waals surface area contributed by atoms with Gasteiger partial charge in [0.1, 0.15) is 6.29 Å². The van der Waals surface area contributed by atoms with Gasteiger partial charge in [0.25, 0.3) is 0 Å². The molecule has 2 atom stereocenters. The molecule has 0 rings (SSSR count). The maximum Gasteiger partial charge on any atom is 0.333 e. The van der Waals surface area contributed by atoms with Crippen molar-refractivity contribution >= 4 is 8.56 Å². The van der Waals surface area contributed by atoms with Crippen molar-refractivity contribution in [1.29, 1.82) is 0 Å². The van der Waals surface area contributed by atoms with Gasteiger partial charge in [-0.3, -0.25) is 4.90 Å². The molecule has 0 heterocycles. The van der Waals surface area contributed by atoms with E-state index in [2.05, 4.69) is 50.9 Å². The molecular weight excluding hydrogens is 687 g/mol. The third kappa shape index (κ3) is 39.9. The summed E-state index contributed by atoms with van der Waals surface area (Å²) in [5, 5.41) is 18.4. The summed E-state index contributed by atoms with van der Waals surface area (Å²) in [5.74, 6) is 0.908. The predicted molar refractivity (Wildman–Crippen MR) is 238 cm³/mol. The lowest BCUT2D eigenvalue weighted by Gasteiger charge is -2.29. The van der Waals surface area contributed by atoms with Crippen LogP contribution in [0.3, 0.4) is 0 Å². The first-order chi connectivity index (χ1) is 26.4. The van der Waals surface area contributed by atoms with Gasteiger partial charge in [-0.2, -0.15) is 0 Å². The van der Waals surface area contributed by atoms with E-state index in [9.17, 15) is 10.2 Å². The van der Waals surface area contributed by atoms with E-state index in [-0.39, 0.29) is 19.5 Å². The van der Waals surface area contributed by atoms with Crippen molar-refractivity contribution in [2.75, 3.05) is 46.1 Å². The quantitative estimate of drug-likeness (QED) is 0.0277. The molecule has 0 aromatic rings. The van der Waals surface area contributed by atoms with Crippen LogP contribution in [0, 0.1) is 5.92 Å². The lowest BCUT2D eigenvalue weighted by atomic mass is 9.99. The van der Waals surface area contributed by atoms with E-state index in [4.69, 9.17) is 13.6 Å². The van der Waals surface area contributed by atoms with Crippen molar-refractivity contribution in [2.24, 2.45) is 5.92 Å². The highest BCUT2D eigenvalue weighted by molar-refractivity contribution is 6.64. The maximum absolute atomic E-state index is 9.22. The van der Waals surface area contributed by atoms with E-state index in [0.29, 0.717) is 13.1 Å². The van der Waals surface area contributed by atoms with Crippen LogP contribution in [0.25, 0.3) is 0 Å². The number of hydrogen-bond donors (Lipinski definition) is 2. The molecule has 0 radical (unpaired) electrons. The van der Waals surface area contributed by atoms with Gasteiger partial charge in [-0.05, 0) is 83.3 Å². The van der Waals surface area contributed by atoms with Crippen molar-refractivity contribution < 1.29 is 23.8 Å². The largest absolute Gasteiger partial charge is 0.395 e. The van der Waals surface area contributed by atoms with Crippen LogP contribution in [-0.4, -0.2) is 76.0 Å². The fourth-order valence-electron chi connectivity index (χ4n) is 7.24. The third-order valence-corrected chi connectivity index (χ3v) is 12.8. The third-order valence-electron chi connectivity index (χ3n) is 11.1. The van der Waals surface area contributed by atoms with E-state index >= 15 is 0 Å². The highest BCUT2D eigenvalue weighted by Crippen LogP contribution is 2.20. The molecule has 0 aromatic heterocycles. The molecule has 324 valence electrons. The van der Waals surface area contributed by atoms with Crippen molar-refractivity contribution in [2.45, 2.75) is 239 Å². The number of aliphatic hydroxyl groups excluding tert-OH is 2. The fourth-order valence-corrected chi connectivity index (χ4v) is 8.76. The lowest BCUT2D eigenvalue weighted by Crippen LogP contribution is -2.40. The van der Waals surface area contributed by atoms with Gasteiger partial charge in [0.2, 0.25) is 0 Å². The Labute approximate surface area is 339 Å². The van der Waals surface area contributed by atoms with Crippen LogP contribution < -0.4 is 0 Å². The van der Waals surface area contributed by atoms with Crippen LogP contribution in [0.4, 0.5) is 0 Å². The van der Waals surface area contributed by atoms with Crippen molar-refractivity contribution in [3.05, 3.63) is 12.2 Å². The summed E-state index contributed by atoms with van der Waals surface area (Å²) in [5.41, 5.74) is 0. The topological polar surface area (TPSA) is 71.4 Å². The van der Waals surface area contributed by atoms with E-state index in [1.54, 1.807) is 0 Å².